The summed E-state index contributed by atoms with van der Waals surface area (Å²) in [7, 11) is 4.40. The van der Waals surface area contributed by atoms with Gasteiger partial charge in [0.15, 0.2) is 22.8 Å². The topological polar surface area (TPSA) is 133 Å². The number of nitrogens with one attached hydrogen (secondary N) is 2. The maximum Gasteiger partial charge on any atom is 0.328 e. The zero-order valence-electron chi connectivity index (χ0n) is 22.2. The number of fused-ring (bicyclic) bond motifs is 1. The normalized spacial score (nSPS) is 11.6. The molecule has 202 valence electrons. The quantitative estimate of drug-likeness (QED) is 0.313. The van der Waals surface area contributed by atoms with E-state index in [1.807, 2.05) is 26.0 Å². The summed E-state index contributed by atoms with van der Waals surface area (Å²) in [6.07, 6.45) is 1.64. The van der Waals surface area contributed by atoms with Gasteiger partial charge in [0.25, 0.3) is 11.8 Å². The van der Waals surface area contributed by atoms with Crippen LogP contribution in [0.4, 0.5) is 5.69 Å². The number of methoxy groups -OCH3 is 3. The molecule has 0 unspecified atom stereocenters. The maximum atomic E-state index is 13.0. The van der Waals surface area contributed by atoms with E-state index < -0.39 is 23.8 Å². The van der Waals surface area contributed by atoms with Gasteiger partial charge in [-0.2, -0.15) is 5.10 Å². The van der Waals surface area contributed by atoms with Crippen molar-refractivity contribution in [2.45, 2.75) is 19.9 Å². The number of aromatic nitrogens is 3. The Morgan fingerprint density at radius 2 is 1.59 bits per heavy atom. The summed E-state index contributed by atoms with van der Waals surface area (Å²) in [4.78, 5) is 41.9. The van der Waals surface area contributed by atoms with Gasteiger partial charge in [0.2, 0.25) is 0 Å². The van der Waals surface area contributed by atoms with Crippen LogP contribution in [-0.2, 0) is 9.53 Å². The van der Waals surface area contributed by atoms with E-state index in [9.17, 15) is 14.4 Å². The van der Waals surface area contributed by atoms with Crippen molar-refractivity contribution in [1.82, 2.24) is 19.9 Å². The van der Waals surface area contributed by atoms with Crippen molar-refractivity contribution in [1.29, 1.82) is 0 Å². The third-order valence-electron chi connectivity index (χ3n) is 6.08. The average Bonchev–Trinajstić information content (AvgIpc) is 3.40. The molecule has 2 N–H and O–H groups in total. The Morgan fingerprint density at radius 3 is 2.23 bits per heavy atom. The second-order valence-corrected chi connectivity index (χ2v) is 8.95. The Bertz CT molecular complexity index is 1510. The number of amides is 2. The fourth-order valence-electron chi connectivity index (χ4n) is 3.97. The fraction of sp³-hybridized carbons (Fsp3) is 0.250. The van der Waals surface area contributed by atoms with Crippen LogP contribution in [-0.4, -0.2) is 59.8 Å². The molecule has 4 aromatic rings. The maximum absolute atomic E-state index is 13.0. The zero-order valence-corrected chi connectivity index (χ0v) is 22.2. The van der Waals surface area contributed by atoms with Crippen LogP contribution in [0.2, 0.25) is 0 Å². The molecule has 2 amide bonds. The van der Waals surface area contributed by atoms with E-state index in [0.29, 0.717) is 34.1 Å². The van der Waals surface area contributed by atoms with Gasteiger partial charge >= 0.3 is 5.97 Å². The predicted molar refractivity (Wildman–Crippen MR) is 144 cm³/mol. The van der Waals surface area contributed by atoms with E-state index >= 15 is 0 Å². The van der Waals surface area contributed by atoms with Crippen molar-refractivity contribution in [3.63, 3.8) is 0 Å². The van der Waals surface area contributed by atoms with Gasteiger partial charge in [-0.1, -0.05) is 13.8 Å². The molecule has 0 spiro atoms. The first kappa shape index (κ1) is 27.1. The summed E-state index contributed by atoms with van der Waals surface area (Å²) in [5.41, 5.74) is 2.96. The monoisotopic (exact) mass is 531 g/mol. The molecule has 0 aliphatic heterocycles. The molecule has 0 aliphatic rings. The van der Waals surface area contributed by atoms with Gasteiger partial charge in [-0.25, -0.2) is 14.3 Å². The highest BCUT2D eigenvalue weighted by atomic mass is 16.5. The highest BCUT2D eigenvalue weighted by Crippen LogP contribution is 2.32. The first-order chi connectivity index (χ1) is 18.7. The van der Waals surface area contributed by atoms with Crippen LogP contribution in [0.25, 0.3) is 16.9 Å². The number of benzene rings is 2. The minimum absolute atomic E-state index is 0.146. The molecule has 2 aromatic carbocycles. The smallest absolute Gasteiger partial charge is 0.328 e. The molecule has 2 heterocycles. The lowest BCUT2D eigenvalue weighted by molar-refractivity contribution is -0.144. The molecule has 0 aliphatic carbocycles. The molecule has 11 nitrogen and oxygen atoms in total. The van der Waals surface area contributed by atoms with Crippen LogP contribution < -0.4 is 20.1 Å². The van der Waals surface area contributed by atoms with Gasteiger partial charge in [0.05, 0.1) is 27.0 Å². The lowest BCUT2D eigenvalue weighted by Crippen LogP contribution is -2.45. The first-order valence-corrected chi connectivity index (χ1v) is 12.1. The highest BCUT2D eigenvalue weighted by Gasteiger charge is 2.25. The summed E-state index contributed by atoms with van der Waals surface area (Å²) in [6.45, 7) is 3.62. The number of carbonyl (C=O) groups excluding carboxylic acids is 3. The highest BCUT2D eigenvalue weighted by molar-refractivity contribution is 6.04. The van der Waals surface area contributed by atoms with Gasteiger partial charge in [-0.05, 0) is 54.4 Å². The summed E-state index contributed by atoms with van der Waals surface area (Å²) in [5, 5.41) is 9.93. The zero-order chi connectivity index (χ0) is 28.1. The van der Waals surface area contributed by atoms with Gasteiger partial charge in [0.1, 0.15) is 6.04 Å². The van der Waals surface area contributed by atoms with Crippen LogP contribution >= 0.6 is 0 Å². The molecule has 0 radical (unpaired) electrons. The van der Waals surface area contributed by atoms with Gasteiger partial charge in [0, 0.05) is 29.1 Å². The molecule has 1 atom stereocenters. The van der Waals surface area contributed by atoms with Crippen molar-refractivity contribution >= 4 is 29.1 Å². The fourth-order valence-corrected chi connectivity index (χ4v) is 3.97. The average molecular weight is 532 g/mol. The molecular formula is C28H29N5O6. The number of hydrogen-bond donors (Lipinski definition) is 2. The number of hydrogen-bond acceptors (Lipinski definition) is 8. The molecule has 0 bridgehead atoms. The summed E-state index contributed by atoms with van der Waals surface area (Å²) in [5.74, 6) is -0.371. The van der Waals surface area contributed by atoms with Crippen LogP contribution in [0, 0.1) is 5.92 Å². The molecule has 0 saturated carbocycles. The van der Waals surface area contributed by atoms with Gasteiger partial charge in [-0.15, -0.1) is 0 Å². The van der Waals surface area contributed by atoms with Crippen LogP contribution in [0.1, 0.15) is 34.7 Å². The third-order valence-corrected chi connectivity index (χ3v) is 6.08. The number of rotatable bonds is 9. The van der Waals surface area contributed by atoms with Crippen molar-refractivity contribution in [3.05, 3.63) is 72.1 Å². The number of anilines is 1. The van der Waals surface area contributed by atoms with E-state index in [1.165, 1.54) is 7.11 Å². The van der Waals surface area contributed by atoms with E-state index in [0.717, 1.165) is 5.56 Å². The van der Waals surface area contributed by atoms with Crippen LogP contribution in [0.3, 0.4) is 0 Å². The SMILES string of the molecule is COC(=O)[C@@H](NC(=O)c1ccc(NC(=O)c2cc3nccc(-c4ccc(OC)c(OC)c4)n3n2)cc1)C(C)C. The predicted octanol–water partition coefficient (Wildman–Crippen LogP) is 3.59. The second kappa shape index (κ2) is 11.6. The molecule has 0 fully saturated rings. The third kappa shape index (κ3) is 5.82. The number of carbonyl (C=O) groups is 3. The second-order valence-electron chi connectivity index (χ2n) is 8.95. The Morgan fingerprint density at radius 1 is 0.872 bits per heavy atom. The number of ether oxygens (including phenoxy) is 3. The standard InChI is InChI=1S/C28H29N5O6/c1-16(2)25(28(36)39-5)31-26(34)17-6-9-19(10-7-17)30-27(35)20-15-24-29-13-12-21(33(24)32-20)18-8-11-22(37-3)23(14-18)38-4/h6-16,25H,1-5H3,(H,30,35)(H,31,34)/t25-/m0/s1. The number of nitrogens with zero attached hydrogens (tertiary/aromatic N) is 3. The lowest BCUT2D eigenvalue weighted by atomic mass is 10.0. The minimum atomic E-state index is -0.769. The van der Waals surface area contributed by atoms with E-state index in [1.54, 1.807) is 67.4 Å². The van der Waals surface area contributed by atoms with E-state index in [2.05, 4.69) is 20.7 Å². The minimum Gasteiger partial charge on any atom is -0.493 e. The summed E-state index contributed by atoms with van der Waals surface area (Å²) < 4.78 is 17.1. The van der Waals surface area contributed by atoms with Gasteiger partial charge < -0.3 is 24.8 Å². The lowest BCUT2D eigenvalue weighted by Gasteiger charge is -2.19. The summed E-state index contributed by atoms with van der Waals surface area (Å²) in [6, 6.07) is 14.4. The van der Waals surface area contributed by atoms with E-state index in [-0.39, 0.29) is 11.6 Å². The van der Waals surface area contributed by atoms with Crippen molar-refractivity contribution in [3.8, 4) is 22.8 Å². The Kier molecular flexibility index (Phi) is 8.09. The van der Waals surface area contributed by atoms with E-state index in [4.69, 9.17) is 14.2 Å². The Balaban J connectivity index is 1.51. The van der Waals surface area contributed by atoms with Crippen molar-refractivity contribution in [2.24, 2.45) is 5.92 Å². The van der Waals surface area contributed by atoms with Crippen LogP contribution in [0.5, 0.6) is 11.5 Å². The van der Waals surface area contributed by atoms with Gasteiger partial charge in [-0.3, -0.25) is 9.59 Å². The van der Waals surface area contributed by atoms with Crippen molar-refractivity contribution in [2.75, 3.05) is 26.6 Å². The van der Waals surface area contributed by atoms with Crippen molar-refractivity contribution < 1.29 is 28.6 Å². The largest absolute Gasteiger partial charge is 0.493 e. The molecular weight excluding hydrogens is 502 g/mol. The Labute approximate surface area is 225 Å². The molecule has 4 rings (SSSR count). The molecule has 11 heteroatoms. The number of esters is 1. The summed E-state index contributed by atoms with van der Waals surface area (Å²) >= 11 is 0. The molecule has 39 heavy (non-hydrogen) atoms. The molecule has 0 saturated heterocycles. The molecule has 2 aromatic heterocycles. The first-order valence-electron chi connectivity index (χ1n) is 12.1. The van der Waals surface area contributed by atoms with Crippen LogP contribution in [0.15, 0.2) is 60.8 Å². The Hall–Kier alpha value is -4.93.